The maximum atomic E-state index is 13.2. The third kappa shape index (κ3) is 11.7. The monoisotopic (exact) mass is 738 g/mol. The molecule has 0 saturated carbocycles. The molecule has 2 aromatic carbocycles. The minimum atomic E-state index is -0.745. The zero-order valence-electron chi connectivity index (χ0n) is 30.2. The molecule has 2 atom stereocenters. The van der Waals surface area contributed by atoms with Crippen LogP contribution in [0.25, 0.3) is 0 Å². The lowest BCUT2D eigenvalue weighted by Crippen LogP contribution is -2.32. The van der Waals surface area contributed by atoms with Gasteiger partial charge in [-0.3, -0.25) is 19.2 Å². The summed E-state index contributed by atoms with van der Waals surface area (Å²) in [6.07, 6.45) is 0.739. The standard InChI is InChI=1S/C36H42N12O6/c1-5-8-32(50)53-28-14-11-22(18-26(28)48-47-25-13-16-30(43-35(25)39)44-36(52)21(3)37)20(2)17-33(51)54-27-10-7-6-9-23(27)45-46-24-12-15-29(42-34(24)38)41-31(49)19-40-4/h6-7,9-16,18,20-21,40H,5,8,17,19,37H2,1-4H3,(H3,38,41,42,49)(H3,39,43,44,52)/t20?,21-/m0/s1. The summed E-state index contributed by atoms with van der Waals surface area (Å²) >= 11 is 0. The van der Waals surface area contributed by atoms with Crippen molar-refractivity contribution >= 4 is 69.8 Å². The Labute approximate surface area is 311 Å². The van der Waals surface area contributed by atoms with E-state index in [-0.39, 0.29) is 88.7 Å². The molecule has 2 amide bonds. The number of likely N-dealkylation sites (N-methyl/N-ethyl adjacent to an activating group) is 1. The highest BCUT2D eigenvalue weighted by molar-refractivity contribution is 5.94. The number of esters is 2. The average molecular weight is 739 g/mol. The van der Waals surface area contributed by atoms with Crippen LogP contribution in [0.3, 0.4) is 0 Å². The van der Waals surface area contributed by atoms with Crippen LogP contribution in [0.1, 0.15) is 51.5 Å². The third-order valence-electron chi connectivity index (χ3n) is 7.40. The van der Waals surface area contributed by atoms with E-state index >= 15 is 0 Å². The number of amides is 2. The molecular weight excluding hydrogens is 696 g/mol. The molecule has 0 saturated heterocycles. The Morgan fingerprint density at radius 2 is 1.31 bits per heavy atom. The van der Waals surface area contributed by atoms with Crippen LogP contribution in [-0.4, -0.2) is 53.4 Å². The summed E-state index contributed by atoms with van der Waals surface area (Å²) < 4.78 is 11.2. The van der Waals surface area contributed by atoms with E-state index in [0.717, 1.165) is 0 Å². The molecule has 0 aliphatic heterocycles. The molecule has 54 heavy (non-hydrogen) atoms. The number of pyridine rings is 2. The third-order valence-corrected chi connectivity index (χ3v) is 7.40. The topological polar surface area (TPSA) is 276 Å². The molecule has 0 aliphatic carbocycles. The van der Waals surface area contributed by atoms with E-state index in [1.807, 2.05) is 13.8 Å². The van der Waals surface area contributed by atoms with Crippen LogP contribution in [0, 0.1) is 0 Å². The number of nitrogens with zero attached hydrogens (tertiary/aromatic N) is 6. The first-order chi connectivity index (χ1) is 25.9. The Kier molecular flexibility index (Phi) is 14.3. The molecule has 2 aromatic heterocycles. The van der Waals surface area contributed by atoms with Crippen molar-refractivity contribution in [2.75, 3.05) is 35.7 Å². The first-order valence-corrected chi connectivity index (χ1v) is 16.9. The van der Waals surface area contributed by atoms with Gasteiger partial charge >= 0.3 is 11.9 Å². The maximum Gasteiger partial charge on any atom is 0.311 e. The molecule has 18 heteroatoms. The van der Waals surface area contributed by atoms with Gasteiger partial charge in [-0.15, -0.1) is 20.5 Å². The van der Waals surface area contributed by atoms with Gasteiger partial charge in [0.15, 0.2) is 23.1 Å². The van der Waals surface area contributed by atoms with E-state index in [9.17, 15) is 19.2 Å². The first kappa shape index (κ1) is 40.1. The number of nitrogens with two attached hydrogens (primary N) is 3. The fourth-order valence-electron chi connectivity index (χ4n) is 4.59. The lowest BCUT2D eigenvalue weighted by Gasteiger charge is -2.14. The van der Waals surface area contributed by atoms with Crippen LogP contribution in [0.4, 0.5) is 46.0 Å². The van der Waals surface area contributed by atoms with Crippen molar-refractivity contribution in [1.82, 2.24) is 15.3 Å². The number of anilines is 4. The molecular formula is C36H42N12O6. The van der Waals surface area contributed by atoms with Crippen molar-refractivity contribution in [3.05, 3.63) is 72.3 Å². The van der Waals surface area contributed by atoms with Gasteiger partial charge in [0.25, 0.3) is 0 Å². The average Bonchev–Trinajstić information content (AvgIpc) is 3.12. The number of carbonyl (C=O) groups excluding carboxylic acids is 4. The van der Waals surface area contributed by atoms with Gasteiger partial charge < -0.3 is 42.6 Å². The maximum absolute atomic E-state index is 13.2. The van der Waals surface area contributed by atoms with E-state index in [0.29, 0.717) is 12.0 Å². The minimum Gasteiger partial charge on any atom is -0.424 e. The molecule has 4 aromatic rings. The van der Waals surface area contributed by atoms with Gasteiger partial charge in [-0.1, -0.05) is 32.0 Å². The molecule has 282 valence electrons. The number of benzene rings is 2. The normalized spacial score (nSPS) is 12.3. The van der Waals surface area contributed by atoms with Crippen LogP contribution in [0.5, 0.6) is 11.5 Å². The summed E-state index contributed by atoms with van der Waals surface area (Å²) in [6, 6.07) is 16.9. The lowest BCUT2D eigenvalue weighted by molar-refractivity contribution is -0.135. The van der Waals surface area contributed by atoms with Crippen molar-refractivity contribution in [2.24, 2.45) is 26.2 Å². The van der Waals surface area contributed by atoms with Crippen LogP contribution < -0.4 is 42.6 Å². The molecule has 2 heterocycles. The molecule has 9 N–H and O–H groups in total. The molecule has 0 fully saturated rings. The second kappa shape index (κ2) is 19.3. The molecule has 0 spiro atoms. The fraction of sp³-hybridized carbons (Fsp3) is 0.278. The van der Waals surface area contributed by atoms with Gasteiger partial charge in [0.05, 0.1) is 19.0 Å². The Morgan fingerprint density at radius 1 is 0.741 bits per heavy atom. The number of rotatable bonds is 16. The van der Waals surface area contributed by atoms with Gasteiger partial charge in [-0.25, -0.2) is 9.97 Å². The van der Waals surface area contributed by atoms with Crippen LogP contribution in [0.15, 0.2) is 87.2 Å². The summed E-state index contributed by atoms with van der Waals surface area (Å²) in [5.74, 6) is -1.29. The van der Waals surface area contributed by atoms with Crippen molar-refractivity contribution in [1.29, 1.82) is 0 Å². The van der Waals surface area contributed by atoms with Crippen LogP contribution in [0.2, 0.25) is 0 Å². The number of hydrogen-bond donors (Lipinski definition) is 6. The predicted molar refractivity (Wildman–Crippen MR) is 203 cm³/mol. The highest BCUT2D eigenvalue weighted by Gasteiger charge is 2.18. The van der Waals surface area contributed by atoms with Crippen LogP contribution >= 0.6 is 0 Å². The summed E-state index contributed by atoms with van der Waals surface area (Å²) in [4.78, 5) is 57.6. The number of para-hydroxylation sites is 1. The quantitative estimate of drug-likeness (QED) is 0.0457. The number of azo groups is 2. The summed E-state index contributed by atoms with van der Waals surface area (Å²) in [7, 11) is 1.65. The van der Waals surface area contributed by atoms with Gasteiger partial charge in [0, 0.05) is 6.42 Å². The highest BCUT2D eigenvalue weighted by Crippen LogP contribution is 2.36. The Morgan fingerprint density at radius 3 is 1.93 bits per heavy atom. The lowest BCUT2D eigenvalue weighted by atomic mass is 9.97. The van der Waals surface area contributed by atoms with Crippen LogP contribution in [-0.2, 0) is 19.2 Å². The van der Waals surface area contributed by atoms with Crippen molar-refractivity contribution in [3.63, 3.8) is 0 Å². The number of nitrogens with one attached hydrogen (secondary N) is 3. The van der Waals surface area contributed by atoms with Gasteiger partial charge in [-0.2, -0.15) is 0 Å². The smallest absolute Gasteiger partial charge is 0.311 e. The zero-order valence-corrected chi connectivity index (χ0v) is 30.2. The number of ether oxygens (including phenoxy) is 2. The predicted octanol–water partition coefficient (Wildman–Crippen LogP) is 5.72. The molecule has 18 nitrogen and oxygen atoms in total. The Balaban J connectivity index is 1.49. The van der Waals surface area contributed by atoms with E-state index in [1.54, 1.807) is 55.6 Å². The first-order valence-electron chi connectivity index (χ1n) is 16.9. The number of aromatic nitrogens is 2. The second-order valence-electron chi connectivity index (χ2n) is 12.0. The second-order valence-corrected chi connectivity index (χ2v) is 12.0. The largest absolute Gasteiger partial charge is 0.424 e. The SMILES string of the molecule is CCCC(=O)Oc1ccc(C(C)CC(=O)Oc2ccccc2N=Nc2ccc(NC(=O)CNC)nc2N)cc1N=Nc1ccc(NC(=O)[C@H](C)N)nc1N. The van der Waals surface area contributed by atoms with E-state index in [4.69, 9.17) is 26.7 Å². The number of hydrogen-bond acceptors (Lipinski definition) is 16. The van der Waals surface area contributed by atoms with E-state index in [2.05, 4.69) is 46.4 Å². The molecule has 0 bridgehead atoms. The van der Waals surface area contributed by atoms with E-state index < -0.39 is 23.9 Å². The van der Waals surface area contributed by atoms with Crippen molar-refractivity contribution < 1.29 is 28.7 Å². The van der Waals surface area contributed by atoms with Gasteiger partial charge in [0.2, 0.25) is 11.8 Å². The summed E-state index contributed by atoms with van der Waals surface area (Å²) in [6.45, 7) is 5.32. The van der Waals surface area contributed by atoms with Crippen molar-refractivity contribution in [2.45, 2.75) is 52.0 Å². The van der Waals surface area contributed by atoms with Crippen molar-refractivity contribution in [3.8, 4) is 11.5 Å². The molecule has 1 unspecified atom stereocenters. The Bertz CT molecular complexity index is 2050. The molecule has 0 radical (unpaired) electrons. The Hall–Kier alpha value is -6.66. The molecule has 4 rings (SSSR count). The fourth-order valence-corrected chi connectivity index (χ4v) is 4.59. The summed E-state index contributed by atoms with van der Waals surface area (Å²) in [5.41, 5.74) is 19.3. The molecule has 0 aliphatic rings. The van der Waals surface area contributed by atoms with E-state index in [1.165, 1.54) is 25.1 Å². The van der Waals surface area contributed by atoms with Gasteiger partial charge in [-0.05, 0) is 80.4 Å². The zero-order chi connectivity index (χ0) is 39.2. The number of nitrogen functional groups attached to an aromatic ring is 2. The minimum absolute atomic E-state index is 0.0124. The number of carbonyl (C=O) groups is 4. The highest BCUT2D eigenvalue weighted by atomic mass is 16.5. The summed E-state index contributed by atoms with van der Waals surface area (Å²) in [5, 5.41) is 24.8. The van der Waals surface area contributed by atoms with Gasteiger partial charge in [0.1, 0.15) is 34.4 Å².